The van der Waals surface area contributed by atoms with Crippen LogP contribution >= 0.6 is 11.6 Å². The Morgan fingerprint density at radius 2 is 1.84 bits per heavy atom. The molecule has 0 radical (unpaired) electrons. The highest BCUT2D eigenvalue weighted by Crippen LogP contribution is 2.26. The summed E-state index contributed by atoms with van der Waals surface area (Å²) in [4.78, 5) is 14.9. The van der Waals surface area contributed by atoms with Crippen LogP contribution in [0.1, 0.15) is 45.2 Å². The predicted octanol–water partition coefficient (Wildman–Crippen LogP) is 6.91. The first kappa shape index (κ1) is 26.9. The van der Waals surface area contributed by atoms with Gasteiger partial charge in [0.15, 0.2) is 0 Å². The van der Waals surface area contributed by atoms with Crippen LogP contribution < -0.4 is 5.32 Å². The van der Waals surface area contributed by atoms with E-state index >= 15 is 0 Å². The van der Waals surface area contributed by atoms with Crippen molar-refractivity contribution in [3.63, 3.8) is 0 Å². The SMILES string of the molecule is CCN(C)CCCC(C)NC(=O)CCCc1cc(-c2cccc(Cl)c2)nn1-c1ccc2ccccc2c1. The Kier molecular flexibility index (Phi) is 9.37. The van der Waals surface area contributed by atoms with Crippen LogP contribution in [-0.2, 0) is 11.2 Å². The summed E-state index contributed by atoms with van der Waals surface area (Å²) in [7, 11) is 2.13. The minimum absolute atomic E-state index is 0.114. The number of hydrogen-bond donors (Lipinski definition) is 1. The molecule has 1 amide bonds. The first-order valence-corrected chi connectivity index (χ1v) is 13.6. The zero-order valence-corrected chi connectivity index (χ0v) is 22.8. The maximum atomic E-state index is 12.6. The number of fused-ring (bicyclic) bond motifs is 1. The van der Waals surface area contributed by atoms with Gasteiger partial charge in [0.1, 0.15) is 0 Å². The highest BCUT2D eigenvalue weighted by molar-refractivity contribution is 6.30. The third-order valence-corrected chi connectivity index (χ3v) is 7.08. The lowest BCUT2D eigenvalue weighted by atomic mass is 10.1. The Hall–Kier alpha value is -3.15. The van der Waals surface area contributed by atoms with Gasteiger partial charge in [0, 0.05) is 28.7 Å². The molecular formula is C31H37ClN4O. The molecule has 0 fully saturated rings. The monoisotopic (exact) mass is 516 g/mol. The van der Waals surface area contributed by atoms with Crippen molar-refractivity contribution in [2.24, 2.45) is 0 Å². The molecule has 5 nitrogen and oxygen atoms in total. The molecule has 1 atom stereocenters. The standard InChI is InChI=1S/C31H37ClN4O/c1-4-35(3)19-9-10-23(2)33-31(37)16-8-15-28-22-30(26-13-7-14-27(32)20-26)34-36(28)29-18-17-24-11-5-6-12-25(24)21-29/h5-7,11-14,17-18,20-23H,4,8-10,15-16,19H2,1-3H3,(H,33,37). The van der Waals surface area contributed by atoms with Gasteiger partial charge in [-0.1, -0.05) is 61.0 Å². The van der Waals surface area contributed by atoms with E-state index in [4.69, 9.17) is 16.7 Å². The molecule has 0 aliphatic heterocycles. The number of aromatic nitrogens is 2. The quantitative estimate of drug-likeness (QED) is 0.223. The van der Waals surface area contributed by atoms with Crippen molar-refractivity contribution < 1.29 is 4.79 Å². The second-order valence-corrected chi connectivity index (χ2v) is 10.3. The summed E-state index contributed by atoms with van der Waals surface area (Å²) in [5.41, 5.74) is 3.94. The van der Waals surface area contributed by atoms with E-state index in [0.717, 1.165) is 61.4 Å². The van der Waals surface area contributed by atoms with Gasteiger partial charge in [-0.05, 0) is 93.8 Å². The normalized spacial score (nSPS) is 12.2. The van der Waals surface area contributed by atoms with Gasteiger partial charge in [-0.2, -0.15) is 5.10 Å². The smallest absolute Gasteiger partial charge is 0.220 e. The fourth-order valence-corrected chi connectivity index (χ4v) is 4.78. The first-order valence-electron chi connectivity index (χ1n) is 13.2. The van der Waals surface area contributed by atoms with Crippen molar-refractivity contribution in [3.05, 3.63) is 83.5 Å². The second-order valence-electron chi connectivity index (χ2n) is 9.83. The number of benzene rings is 3. The molecule has 3 aromatic carbocycles. The lowest BCUT2D eigenvalue weighted by molar-refractivity contribution is -0.121. The number of hydrogen-bond acceptors (Lipinski definition) is 3. The minimum Gasteiger partial charge on any atom is -0.354 e. The summed E-state index contributed by atoms with van der Waals surface area (Å²) in [6, 6.07) is 24.8. The van der Waals surface area contributed by atoms with E-state index in [1.54, 1.807) is 0 Å². The second kappa shape index (κ2) is 12.9. The number of amides is 1. The highest BCUT2D eigenvalue weighted by Gasteiger charge is 2.14. The summed E-state index contributed by atoms with van der Waals surface area (Å²) < 4.78 is 2.01. The number of halogens is 1. The number of aryl methyl sites for hydroxylation is 1. The molecule has 1 heterocycles. The lowest BCUT2D eigenvalue weighted by Crippen LogP contribution is -2.33. The Morgan fingerprint density at radius 3 is 2.62 bits per heavy atom. The van der Waals surface area contributed by atoms with Crippen molar-refractivity contribution in [2.75, 3.05) is 20.1 Å². The van der Waals surface area contributed by atoms with Crippen LogP contribution in [0.5, 0.6) is 0 Å². The van der Waals surface area contributed by atoms with E-state index < -0.39 is 0 Å². The van der Waals surface area contributed by atoms with Crippen molar-refractivity contribution in [3.8, 4) is 16.9 Å². The van der Waals surface area contributed by atoms with E-state index in [0.29, 0.717) is 11.4 Å². The Bertz CT molecular complexity index is 1330. The van der Waals surface area contributed by atoms with Crippen LogP contribution in [0.15, 0.2) is 72.8 Å². The molecule has 37 heavy (non-hydrogen) atoms. The molecule has 4 aromatic rings. The fourth-order valence-electron chi connectivity index (χ4n) is 4.59. The molecule has 0 aliphatic carbocycles. The number of carbonyl (C=O) groups excluding carboxylic acids is 1. The Balaban J connectivity index is 1.45. The van der Waals surface area contributed by atoms with Gasteiger partial charge in [-0.25, -0.2) is 4.68 Å². The van der Waals surface area contributed by atoms with Crippen molar-refractivity contribution in [1.29, 1.82) is 0 Å². The maximum absolute atomic E-state index is 12.6. The van der Waals surface area contributed by atoms with E-state index in [2.05, 4.69) is 73.6 Å². The molecule has 194 valence electrons. The third kappa shape index (κ3) is 7.43. The van der Waals surface area contributed by atoms with E-state index in [1.165, 1.54) is 10.8 Å². The highest BCUT2D eigenvalue weighted by atomic mass is 35.5. The lowest BCUT2D eigenvalue weighted by Gasteiger charge is -2.17. The number of carbonyl (C=O) groups is 1. The molecule has 6 heteroatoms. The van der Waals surface area contributed by atoms with Crippen LogP contribution in [0.3, 0.4) is 0 Å². The van der Waals surface area contributed by atoms with Crippen molar-refractivity contribution in [1.82, 2.24) is 20.0 Å². The topological polar surface area (TPSA) is 50.2 Å². The summed E-state index contributed by atoms with van der Waals surface area (Å²) >= 11 is 6.26. The molecule has 0 aliphatic rings. The molecule has 1 unspecified atom stereocenters. The first-order chi connectivity index (χ1) is 17.9. The zero-order valence-electron chi connectivity index (χ0n) is 22.1. The van der Waals surface area contributed by atoms with Crippen molar-refractivity contribution in [2.45, 2.75) is 52.0 Å². The molecule has 1 N–H and O–H groups in total. The Morgan fingerprint density at radius 1 is 1.03 bits per heavy atom. The number of rotatable bonds is 12. The summed E-state index contributed by atoms with van der Waals surface area (Å²) in [6.45, 7) is 6.37. The van der Waals surface area contributed by atoms with Crippen LogP contribution in [0, 0.1) is 0 Å². The van der Waals surface area contributed by atoms with Gasteiger partial charge in [-0.3, -0.25) is 4.79 Å². The predicted molar refractivity (Wildman–Crippen MR) is 154 cm³/mol. The van der Waals surface area contributed by atoms with Crippen LogP contribution in [0.2, 0.25) is 5.02 Å². The van der Waals surface area contributed by atoms with Gasteiger partial charge in [0.2, 0.25) is 5.91 Å². The van der Waals surface area contributed by atoms with Gasteiger partial charge in [-0.15, -0.1) is 0 Å². The van der Waals surface area contributed by atoms with Gasteiger partial charge < -0.3 is 10.2 Å². The van der Waals surface area contributed by atoms with E-state index in [1.807, 2.05) is 35.0 Å². The zero-order chi connectivity index (χ0) is 26.2. The fraction of sp³-hybridized carbons (Fsp3) is 0.355. The molecule has 0 saturated heterocycles. The summed E-state index contributed by atoms with van der Waals surface area (Å²) in [5, 5.41) is 11.2. The average Bonchev–Trinajstić information content (AvgIpc) is 3.32. The van der Waals surface area contributed by atoms with Crippen LogP contribution in [-0.4, -0.2) is 46.8 Å². The molecule has 0 saturated carbocycles. The molecule has 1 aromatic heterocycles. The third-order valence-electron chi connectivity index (χ3n) is 6.84. The molecular weight excluding hydrogens is 480 g/mol. The van der Waals surface area contributed by atoms with Gasteiger partial charge in [0.05, 0.1) is 11.4 Å². The van der Waals surface area contributed by atoms with Crippen LogP contribution in [0.4, 0.5) is 0 Å². The van der Waals surface area contributed by atoms with Gasteiger partial charge >= 0.3 is 0 Å². The minimum atomic E-state index is 0.114. The number of nitrogens with zero attached hydrogens (tertiary/aromatic N) is 3. The molecule has 0 spiro atoms. The number of nitrogens with one attached hydrogen (secondary N) is 1. The molecule has 4 rings (SSSR count). The maximum Gasteiger partial charge on any atom is 0.220 e. The van der Waals surface area contributed by atoms with E-state index in [-0.39, 0.29) is 11.9 Å². The summed E-state index contributed by atoms with van der Waals surface area (Å²) in [6.07, 6.45) is 4.08. The van der Waals surface area contributed by atoms with Crippen molar-refractivity contribution >= 4 is 28.3 Å². The molecule has 0 bridgehead atoms. The van der Waals surface area contributed by atoms with Crippen LogP contribution in [0.25, 0.3) is 27.7 Å². The van der Waals surface area contributed by atoms with Gasteiger partial charge in [0.25, 0.3) is 0 Å². The average molecular weight is 517 g/mol. The Labute approximate surface area is 225 Å². The summed E-state index contributed by atoms with van der Waals surface area (Å²) in [5.74, 6) is 0.114. The largest absolute Gasteiger partial charge is 0.354 e. The van der Waals surface area contributed by atoms with E-state index in [9.17, 15) is 4.79 Å².